The Morgan fingerprint density at radius 2 is 1.77 bits per heavy atom. The van der Waals surface area contributed by atoms with Crippen LogP contribution in [0.5, 0.6) is 11.5 Å². The van der Waals surface area contributed by atoms with Crippen molar-refractivity contribution in [3.05, 3.63) is 48.0 Å². The topological polar surface area (TPSA) is 111 Å². The summed E-state index contributed by atoms with van der Waals surface area (Å²) in [7, 11) is -1.23. The number of benzene rings is 2. The number of thioether (sulfide) groups is 1. The number of amides is 1. The molecule has 188 valence electrons. The number of ether oxygens (including phenoxy) is 2. The SMILES string of the molecule is COc1ccc(S(=O)(=O)N(CC(=O)Nc2nnc(SCC(C)C)s2)c2ccc(C)cc2)cc1OC. The summed E-state index contributed by atoms with van der Waals surface area (Å²) in [5, 5.41) is 11.1. The van der Waals surface area contributed by atoms with Crippen molar-refractivity contribution < 1.29 is 22.7 Å². The molecule has 0 aliphatic carbocycles. The maximum Gasteiger partial charge on any atom is 0.264 e. The van der Waals surface area contributed by atoms with E-state index in [1.807, 2.05) is 6.92 Å². The number of carbonyl (C=O) groups is 1. The van der Waals surface area contributed by atoms with Gasteiger partial charge < -0.3 is 9.47 Å². The van der Waals surface area contributed by atoms with Crippen molar-refractivity contribution in [1.29, 1.82) is 0 Å². The maximum absolute atomic E-state index is 13.6. The Morgan fingerprint density at radius 1 is 1.09 bits per heavy atom. The van der Waals surface area contributed by atoms with Gasteiger partial charge in [0.1, 0.15) is 6.54 Å². The van der Waals surface area contributed by atoms with Crippen LogP contribution in [-0.4, -0.2) is 51.0 Å². The van der Waals surface area contributed by atoms with Crippen molar-refractivity contribution in [3.63, 3.8) is 0 Å². The van der Waals surface area contributed by atoms with Gasteiger partial charge in [0.25, 0.3) is 10.0 Å². The van der Waals surface area contributed by atoms with Gasteiger partial charge in [-0.1, -0.05) is 54.6 Å². The van der Waals surface area contributed by atoms with Crippen molar-refractivity contribution in [2.45, 2.75) is 30.0 Å². The number of nitrogens with one attached hydrogen (secondary N) is 1. The molecule has 0 saturated heterocycles. The fourth-order valence-corrected chi connectivity index (χ4v) is 6.16. The number of rotatable bonds is 11. The van der Waals surface area contributed by atoms with Gasteiger partial charge in [-0.2, -0.15) is 0 Å². The zero-order valence-electron chi connectivity index (χ0n) is 20.1. The third-order valence-electron chi connectivity index (χ3n) is 4.75. The molecule has 0 aliphatic heterocycles. The molecule has 12 heteroatoms. The van der Waals surface area contributed by atoms with Gasteiger partial charge in [-0.3, -0.25) is 14.4 Å². The van der Waals surface area contributed by atoms with E-state index in [0.717, 1.165) is 20.0 Å². The largest absolute Gasteiger partial charge is 0.493 e. The van der Waals surface area contributed by atoms with Crippen LogP contribution in [0.15, 0.2) is 51.7 Å². The average molecular weight is 537 g/mol. The number of methoxy groups -OCH3 is 2. The van der Waals surface area contributed by atoms with Gasteiger partial charge in [0.2, 0.25) is 11.0 Å². The van der Waals surface area contributed by atoms with E-state index in [0.29, 0.717) is 22.5 Å². The Bertz CT molecular complexity index is 1260. The highest BCUT2D eigenvalue weighted by molar-refractivity contribution is 8.01. The summed E-state index contributed by atoms with van der Waals surface area (Å²) >= 11 is 2.81. The monoisotopic (exact) mass is 536 g/mol. The summed E-state index contributed by atoms with van der Waals surface area (Å²) in [5.74, 6) is 1.50. The molecule has 0 fully saturated rings. The third kappa shape index (κ3) is 6.86. The number of nitrogens with zero attached hydrogens (tertiary/aromatic N) is 3. The van der Waals surface area contributed by atoms with Gasteiger partial charge >= 0.3 is 0 Å². The van der Waals surface area contributed by atoms with E-state index in [1.165, 1.54) is 43.8 Å². The first kappa shape index (κ1) is 26.8. The van der Waals surface area contributed by atoms with Gasteiger partial charge in [0, 0.05) is 11.8 Å². The lowest BCUT2D eigenvalue weighted by Gasteiger charge is -2.24. The smallest absolute Gasteiger partial charge is 0.264 e. The molecule has 0 saturated carbocycles. The molecule has 35 heavy (non-hydrogen) atoms. The van der Waals surface area contributed by atoms with Crippen LogP contribution in [0, 0.1) is 12.8 Å². The van der Waals surface area contributed by atoms with Crippen LogP contribution in [-0.2, 0) is 14.8 Å². The van der Waals surface area contributed by atoms with Crippen LogP contribution in [0.4, 0.5) is 10.8 Å². The number of carbonyl (C=O) groups excluding carboxylic acids is 1. The minimum absolute atomic E-state index is 0.0354. The minimum Gasteiger partial charge on any atom is -0.493 e. The number of anilines is 2. The first-order chi connectivity index (χ1) is 16.6. The molecule has 0 aliphatic rings. The summed E-state index contributed by atoms with van der Waals surface area (Å²) in [6.45, 7) is 5.66. The lowest BCUT2D eigenvalue weighted by atomic mass is 10.2. The van der Waals surface area contributed by atoms with Crippen molar-refractivity contribution in [1.82, 2.24) is 10.2 Å². The van der Waals surface area contributed by atoms with E-state index >= 15 is 0 Å². The summed E-state index contributed by atoms with van der Waals surface area (Å²) in [6, 6.07) is 11.2. The number of hydrogen-bond donors (Lipinski definition) is 1. The van der Waals surface area contributed by atoms with Crippen LogP contribution >= 0.6 is 23.1 Å². The zero-order valence-corrected chi connectivity index (χ0v) is 22.6. The van der Waals surface area contributed by atoms with Gasteiger partial charge in [-0.05, 0) is 37.1 Å². The molecule has 1 N–H and O–H groups in total. The van der Waals surface area contributed by atoms with Gasteiger partial charge in [-0.25, -0.2) is 8.42 Å². The normalized spacial score (nSPS) is 11.4. The van der Waals surface area contributed by atoms with Gasteiger partial charge in [0.05, 0.1) is 24.8 Å². The van der Waals surface area contributed by atoms with E-state index in [4.69, 9.17) is 9.47 Å². The second-order valence-electron chi connectivity index (χ2n) is 7.99. The highest BCUT2D eigenvalue weighted by Crippen LogP contribution is 2.32. The highest BCUT2D eigenvalue weighted by atomic mass is 32.2. The number of aromatic nitrogens is 2. The quantitative estimate of drug-likeness (QED) is 0.283. The van der Waals surface area contributed by atoms with Crippen LogP contribution in [0.25, 0.3) is 0 Å². The maximum atomic E-state index is 13.6. The van der Waals surface area contributed by atoms with Crippen LogP contribution in [0.2, 0.25) is 0 Å². The molecule has 0 bridgehead atoms. The van der Waals surface area contributed by atoms with Crippen molar-refractivity contribution >= 4 is 49.8 Å². The third-order valence-corrected chi connectivity index (χ3v) is 8.91. The van der Waals surface area contributed by atoms with E-state index < -0.39 is 22.5 Å². The fraction of sp³-hybridized carbons (Fsp3) is 0.348. The average Bonchev–Trinajstić information content (AvgIpc) is 3.28. The van der Waals surface area contributed by atoms with Crippen molar-refractivity contribution in [3.8, 4) is 11.5 Å². The summed E-state index contributed by atoms with van der Waals surface area (Å²) in [4.78, 5) is 12.9. The lowest BCUT2D eigenvalue weighted by Crippen LogP contribution is -2.38. The van der Waals surface area contributed by atoms with E-state index in [1.54, 1.807) is 36.0 Å². The second kappa shape index (κ2) is 11.7. The molecule has 9 nitrogen and oxygen atoms in total. The number of hydrogen-bond acceptors (Lipinski definition) is 9. The molecule has 0 spiro atoms. The minimum atomic E-state index is -4.12. The van der Waals surface area contributed by atoms with Crippen LogP contribution in [0.3, 0.4) is 0 Å². The fourth-order valence-electron chi connectivity index (χ4n) is 2.98. The summed E-state index contributed by atoms with van der Waals surface area (Å²) in [6.07, 6.45) is 0. The molecule has 0 atom stereocenters. The van der Waals surface area contributed by atoms with Crippen molar-refractivity contribution in [2.75, 3.05) is 36.1 Å². The summed E-state index contributed by atoms with van der Waals surface area (Å²) < 4.78 is 39.6. The summed E-state index contributed by atoms with van der Waals surface area (Å²) in [5.41, 5.74) is 1.31. The van der Waals surface area contributed by atoms with E-state index in [-0.39, 0.29) is 10.6 Å². The standard InChI is InChI=1S/C23H28N4O5S3/c1-15(2)14-33-23-26-25-22(34-23)24-21(28)13-27(17-8-6-16(3)7-9-17)35(29,30)18-10-11-19(31-4)20(12-18)32-5/h6-12,15H,13-14H2,1-5H3,(H,24,25,28). The van der Waals surface area contributed by atoms with E-state index in [2.05, 4.69) is 29.4 Å². The molecular formula is C23H28N4O5S3. The predicted molar refractivity (Wildman–Crippen MR) is 139 cm³/mol. The number of sulfonamides is 1. The molecule has 3 aromatic rings. The first-order valence-electron chi connectivity index (χ1n) is 10.7. The Morgan fingerprint density at radius 3 is 2.40 bits per heavy atom. The number of aryl methyl sites for hydroxylation is 1. The predicted octanol–water partition coefficient (Wildman–Crippen LogP) is 4.45. The Kier molecular flexibility index (Phi) is 8.98. The molecule has 1 amide bonds. The first-order valence-corrected chi connectivity index (χ1v) is 14.0. The molecule has 3 rings (SSSR count). The molecule has 1 aromatic heterocycles. The van der Waals surface area contributed by atoms with Gasteiger partial charge in [0.15, 0.2) is 15.8 Å². The highest BCUT2D eigenvalue weighted by Gasteiger charge is 2.28. The molecule has 0 unspecified atom stereocenters. The molecule has 0 radical (unpaired) electrons. The molecule has 2 aromatic carbocycles. The van der Waals surface area contributed by atoms with Gasteiger partial charge in [-0.15, -0.1) is 10.2 Å². The van der Waals surface area contributed by atoms with E-state index in [9.17, 15) is 13.2 Å². The van der Waals surface area contributed by atoms with Crippen LogP contribution < -0.4 is 19.1 Å². The molecule has 1 heterocycles. The Hall–Kier alpha value is -2.83. The van der Waals surface area contributed by atoms with Crippen LogP contribution in [0.1, 0.15) is 19.4 Å². The zero-order chi connectivity index (χ0) is 25.6. The Labute approximate surface area is 213 Å². The van der Waals surface area contributed by atoms with Crippen molar-refractivity contribution in [2.24, 2.45) is 5.92 Å². The molecular weight excluding hydrogens is 508 g/mol. The lowest BCUT2D eigenvalue weighted by molar-refractivity contribution is -0.114. The second-order valence-corrected chi connectivity index (χ2v) is 12.1. The Balaban J connectivity index is 1.88.